The van der Waals surface area contributed by atoms with Crippen molar-refractivity contribution >= 4 is 11.9 Å². The highest BCUT2D eigenvalue weighted by Gasteiger charge is 2.26. The minimum absolute atomic E-state index is 0.0587. The third-order valence-electron chi connectivity index (χ3n) is 3.47. The number of allylic oxidation sites excluding steroid dienone is 1. The van der Waals surface area contributed by atoms with Crippen LogP contribution < -0.4 is 14.8 Å². The van der Waals surface area contributed by atoms with Gasteiger partial charge in [-0.1, -0.05) is 6.07 Å². The normalized spacial score (nSPS) is 16.1. The molecule has 8 nitrogen and oxygen atoms in total. The minimum atomic E-state index is -1.05. The first-order chi connectivity index (χ1) is 11.1. The Hall–Kier alpha value is -3.03. The Labute approximate surface area is 132 Å². The molecule has 1 aliphatic rings. The second-order valence-electron chi connectivity index (χ2n) is 4.83. The molecule has 1 atom stereocenters. The van der Waals surface area contributed by atoms with Crippen LogP contribution in [0.2, 0.25) is 0 Å². The Morgan fingerprint density at radius 3 is 2.96 bits per heavy atom. The van der Waals surface area contributed by atoms with Gasteiger partial charge in [-0.2, -0.15) is 10.1 Å². The molecule has 8 heteroatoms. The number of carboxylic acids is 1. The van der Waals surface area contributed by atoms with Crippen LogP contribution in [-0.2, 0) is 4.79 Å². The van der Waals surface area contributed by atoms with Gasteiger partial charge in [0.2, 0.25) is 5.95 Å². The van der Waals surface area contributed by atoms with Crippen LogP contribution in [0, 0.1) is 0 Å². The third-order valence-corrected chi connectivity index (χ3v) is 3.47. The highest BCUT2D eigenvalue weighted by Crippen LogP contribution is 2.34. The average molecular weight is 316 g/mol. The van der Waals surface area contributed by atoms with Gasteiger partial charge in [0.25, 0.3) is 0 Å². The van der Waals surface area contributed by atoms with Gasteiger partial charge in [0.05, 0.1) is 13.7 Å². The maximum atomic E-state index is 11.3. The molecule has 1 aromatic carbocycles. The summed E-state index contributed by atoms with van der Waals surface area (Å²) in [5.41, 5.74) is 0.876. The van der Waals surface area contributed by atoms with Crippen LogP contribution in [0.3, 0.4) is 0 Å². The predicted octanol–water partition coefficient (Wildman–Crippen LogP) is 1.67. The standard InChI is InChI=1S/C15H16N4O4/c1-3-23-12-5-4-9(6-13(12)22-2)11-7-10(14(20)21)18-15-16-8-17-19(11)15/h4-8,11H,3H2,1-2H3,(H,20,21)(H,16,17,18). The summed E-state index contributed by atoms with van der Waals surface area (Å²) in [6, 6.07) is 5.06. The lowest BCUT2D eigenvalue weighted by atomic mass is 10.0. The first-order valence-corrected chi connectivity index (χ1v) is 7.06. The molecule has 0 spiro atoms. The van der Waals surface area contributed by atoms with Crippen molar-refractivity contribution in [3.05, 3.63) is 41.9 Å². The number of carbonyl (C=O) groups is 1. The zero-order valence-corrected chi connectivity index (χ0v) is 12.7. The maximum Gasteiger partial charge on any atom is 0.352 e. The van der Waals surface area contributed by atoms with E-state index in [1.807, 2.05) is 19.1 Å². The fourth-order valence-electron chi connectivity index (χ4n) is 2.44. The van der Waals surface area contributed by atoms with Crippen molar-refractivity contribution < 1.29 is 19.4 Å². The monoisotopic (exact) mass is 316 g/mol. The van der Waals surface area contributed by atoms with Crippen LogP contribution in [-0.4, -0.2) is 39.6 Å². The molecule has 0 saturated heterocycles. The van der Waals surface area contributed by atoms with Crippen molar-refractivity contribution in [3.8, 4) is 11.5 Å². The molecule has 0 saturated carbocycles. The molecule has 120 valence electrons. The molecule has 23 heavy (non-hydrogen) atoms. The van der Waals surface area contributed by atoms with E-state index in [-0.39, 0.29) is 5.70 Å². The molecule has 1 aliphatic heterocycles. The molecule has 2 aromatic rings. The van der Waals surface area contributed by atoms with Gasteiger partial charge < -0.3 is 19.9 Å². The SMILES string of the molecule is CCOc1ccc(C2C=C(C(=O)O)Nc3ncnn32)cc1OC. The highest BCUT2D eigenvalue weighted by atomic mass is 16.5. The summed E-state index contributed by atoms with van der Waals surface area (Å²) in [6.45, 7) is 2.42. The first kappa shape index (κ1) is 14.9. The fourth-order valence-corrected chi connectivity index (χ4v) is 2.44. The van der Waals surface area contributed by atoms with Crippen molar-refractivity contribution in [2.24, 2.45) is 0 Å². The number of nitrogens with zero attached hydrogens (tertiary/aromatic N) is 3. The second kappa shape index (κ2) is 5.99. The van der Waals surface area contributed by atoms with Crippen LogP contribution in [0.25, 0.3) is 0 Å². The van der Waals surface area contributed by atoms with E-state index >= 15 is 0 Å². The minimum Gasteiger partial charge on any atom is -0.493 e. The van der Waals surface area contributed by atoms with E-state index in [1.54, 1.807) is 23.9 Å². The Bertz CT molecular complexity index is 769. The van der Waals surface area contributed by atoms with Crippen LogP contribution in [0.1, 0.15) is 18.5 Å². The Kier molecular flexibility index (Phi) is 3.88. The number of anilines is 1. The number of hydrogen-bond donors (Lipinski definition) is 2. The number of fused-ring (bicyclic) bond motifs is 1. The molecule has 2 heterocycles. The fraction of sp³-hybridized carbons (Fsp3) is 0.267. The van der Waals surface area contributed by atoms with Crippen molar-refractivity contribution in [2.45, 2.75) is 13.0 Å². The van der Waals surface area contributed by atoms with E-state index in [2.05, 4.69) is 15.4 Å². The van der Waals surface area contributed by atoms with Gasteiger partial charge in [-0.3, -0.25) is 0 Å². The zero-order valence-electron chi connectivity index (χ0n) is 12.7. The molecule has 0 aliphatic carbocycles. The summed E-state index contributed by atoms with van der Waals surface area (Å²) in [5, 5.41) is 16.1. The van der Waals surface area contributed by atoms with E-state index in [0.29, 0.717) is 24.1 Å². The quantitative estimate of drug-likeness (QED) is 0.865. The topological polar surface area (TPSA) is 98.5 Å². The average Bonchev–Trinajstić information content (AvgIpc) is 3.03. The second-order valence-corrected chi connectivity index (χ2v) is 4.83. The lowest BCUT2D eigenvalue weighted by Gasteiger charge is -2.23. The number of benzene rings is 1. The number of methoxy groups -OCH3 is 1. The van der Waals surface area contributed by atoms with Crippen LogP contribution in [0.4, 0.5) is 5.95 Å². The molecular weight excluding hydrogens is 300 g/mol. The van der Waals surface area contributed by atoms with Gasteiger partial charge in [-0.05, 0) is 30.7 Å². The highest BCUT2D eigenvalue weighted by molar-refractivity contribution is 5.90. The van der Waals surface area contributed by atoms with Gasteiger partial charge in [0.1, 0.15) is 18.1 Å². The van der Waals surface area contributed by atoms with E-state index in [4.69, 9.17) is 9.47 Å². The number of aromatic nitrogens is 3. The number of aliphatic carboxylic acids is 1. The number of ether oxygens (including phenoxy) is 2. The first-order valence-electron chi connectivity index (χ1n) is 7.06. The molecule has 0 fully saturated rings. The molecule has 1 aromatic heterocycles. The van der Waals surface area contributed by atoms with E-state index < -0.39 is 12.0 Å². The molecule has 0 bridgehead atoms. The summed E-state index contributed by atoms with van der Waals surface area (Å²) in [4.78, 5) is 15.3. The summed E-state index contributed by atoms with van der Waals surface area (Å²) >= 11 is 0. The van der Waals surface area contributed by atoms with Crippen LogP contribution in [0.5, 0.6) is 11.5 Å². The summed E-state index contributed by atoms with van der Waals surface area (Å²) in [7, 11) is 1.56. The van der Waals surface area contributed by atoms with Crippen molar-refractivity contribution in [1.82, 2.24) is 14.8 Å². The maximum absolute atomic E-state index is 11.3. The van der Waals surface area contributed by atoms with Crippen LogP contribution in [0.15, 0.2) is 36.3 Å². The van der Waals surface area contributed by atoms with Gasteiger partial charge in [-0.25, -0.2) is 9.48 Å². The van der Waals surface area contributed by atoms with Gasteiger partial charge >= 0.3 is 5.97 Å². The van der Waals surface area contributed by atoms with Crippen LogP contribution >= 0.6 is 0 Å². The molecule has 0 amide bonds. The van der Waals surface area contributed by atoms with Gasteiger partial charge in [-0.15, -0.1) is 0 Å². The molecule has 0 radical (unpaired) electrons. The summed E-state index contributed by atoms with van der Waals surface area (Å²) < 4.78 is 12.5. The third kappa shape index (κ3) is 2.70. The van der Waals surface area contributed by atoms with Gasteiger partial charge in [0.15, 0.2) is 11.5 Å². The van der Waals surface area contributed by atoms with E-state index in [9.17, 15) is 9.90 Å². The van der Waals surface area contributed by atoms with Crippen molar-refractivity contribution in [3.63, 3.8) is 0 Å². The van der Waals surface area contributed by atoms with Crippen molar-refractivity contribution in [2.75, 3.05) is 19.0 Å². The number of nitrogens with one attached hydrogen (secondary N) is 1. The zero-order chi connectivity index (χ0) is 16.4. The largest absolute Gasteiger partial charge is 0.493 e. The smallest absolute Gasteiger partial charge is 0.352 e. The Morgan fingerprint density at radius 2 is 2.26 bits per heavy atom. The lowest BCUT2D eigenvalue weighted by Crippen LogP contribution is -2.24. The van der Waals surface area contributed by atoms with Gasteiger partial charge in [0, 0.05) is 0 Å². The van der Waals surface area contributed by atoms with E-state index in [0.717, 1.165) is 5.56 Å². The number of rotatable bonds is 5. The Balaban J connectivity index is 2.05. The molecule has 3 rings (SSSR count). The Morgan fingerprint density at radius 1 is 1.43 bits per heavy atom. The summed E-state index contributed by atoms with van der Waals surface area (Å²) in [6.07, 6.45) is 2.96. The summed E-state index contributed by atoms with van der Waals surface area (Å²) in [5.74, 6) is 0.536. The number of carboxylic acid groups (broad SMARTS) is 1. The molecule has 2 N–H and O–H groups in total. The number of hydrogen-bond acceptors (Lipinski definition) is 6. The predicted molar refractivity (Wildman–Crippen MR) is 81.7 cm³/mol. The molecular formula is C15H16N4O4. The molecule has 1 unspecified atom stereocenters. The lowest BCUT2D eigenvalue weighted by molar-refractivity contribution is -0.132. The van der Waals surface area contributed by atoms with E-state index in [1.165, 1.54) is 6.33 Å². The van der Waals surface area contributed by atoms with Crippen molar-refractivity contribution in [1.29, 1.82) is 0 Å².